The van der Waals surface area contributed by atoms with Crippen LogP contribution >= 0.6 is 0 Å². The average Bonchev–Trinajstić information content (AvgIpc) is 2.89. The van der Waals surface area contributed by atoms with Gasteiger partial charge in [-0.25, -0.2) is 0 Å². The normalized spacial score (nSPS) is 10.6. The number of methoxy groups -OCH3 is 1. The minimum absolute atomic E-state index is 0.554. The Hall–Kier alpha value is -2.55. The number of aromatic amines is 1. The molecule has 19 heavy (non-hydrogen) atoms. The Morgan fingerprint density at radius 3 is 2.68 bits per heavy atom. The first-order valence-electron chi connectivity index (χ1n) is 6.04. The number of hydrogen-bond donors (Lipinski definition) is 1. The number of aldehydes is 1. The molecule has 3 heteroatoms. The van der Waals surface area contributed by atoms with E-state index in [0.717, 1.165) is 28.4 Å². The molecule has 3 nitrogen and oxygen atoms in total. The van der Waals surface area contributed by atoms with Crippen molar-refractivity contribution in [2.24, 2.45) is 0 Å². The SMILES string of the molecule is COc1c(C=O)cccc1-c1cc2ccccc2[nH]1. The third-order valence-corrected chi connectivity index (χ3v) is 3.20. The molecule has 2 aromatic carbocycles. The molecular formula is C16H13NO2. The Bertz CT molecular complexity index is 710. The summed E-state index contributed by atoms with van der Waals surface area (Å²) in [7, 11) is 1.58. The maximum atomic E-state index is 11.1. The zero-order valence-corrected chi connectivity index (χ0v) is 10.5. The Kier molecular flexibility index (Phi) is 2.80. The molecule has 0 aliphatic carbocycles. The molecule has 0 atom stereocenters. The number of rotatable bonds is 3. The lowest BCUT2D eigenvalue weighted by Gasteiger charge is -2.08. The Morgan fingerprint density at radius 2 is 1.95 bits per heavy atom. The first kappa shape index (κ1) is 11.5. The van der Waals surface area contributed by atoms with Crippen LogP contribution in [0.1, 0.15) is 10.4 Å². The quantitative estimate of drug-likeness (QED) is 0.722. The van der Waals surface area contributed by atoms with Crippen molar-refractivity contribution in [1.29, 1.82) is 0 Å². The van der Waals surface area contributed by atoms with E-state index in [4.69, 9.17) is 4.74 Å². The lowest BCUT2D eigenvalue weighted by Crippen LogP contribution is -1.93. The van der Waals surface area contributed by atoms with Crippen LogP contribution in [0, 0.1) is 0 Å². The molecule has 1 heterocycles. The van der Waals surface area contributed by atoms with Crippen molar-refractivity contribution in [3.05, 3.63) is 54.1 Å². The molecule has 0 bridgehead atoms. The topological polar surface area (TPSA) is 42.1 Å². The first-order valence-corrected chi connectivity index (χ1v) is 6.04. The lowest BCUT2D eigenvalue weighted by atomic mass is 10.1. The minimum atomic E-state index is 0.554. The Labute approximate surface area is 110 Å². The highest BCUT2D eigenvalue weighted by atomic mass is 16.5. The third-order valence-electron chi connectivity index (χ3n) is 3.20. The zero-order valence-electron chi connectivity index (χ0n) is 10.5. The number of carbonyl (C=O) groups excluding carboxylic acids is 1. The fourth-order valence-corrected chi connectivity index (χ4v) is 2.31. The molecule has 0 saturated carbocycles. The largest absolute Gasteiger partial charge is 0.495 e. The molecule has 0 fully saturated rings. The summed E-state index contributed by atoms with van der Waals surface area (Å²) in [6.07, 6.45) is 0.811. The van der Waals surface area contributed by atoms with Crippen LogP contribution in [0.2, 0.25) is 0 Å². The maximum Gasteiger partial charge on any atom is 0.153 e. The summed E-state index contributed by atoms with van der Waals surface area (Å²) in [5.74, 6) is 0.601. The maximum absolute atomic E-state index is 11.1. The number of ether oxygens (including phenoxy) is 1. The minimum Gasteiger partial charge on any atom is -0.495 e. The van der Waals surface area contributed by atoms with Crippen molar-refractivity contribution in [3.63, 3.8) is 0 Å². The van der Waals surface area contributed by atoms with Crippen LogP contribution < -0.4 is 4.74 Å². The molecule has 1 aromatic heterocycles. The lowest BCUT2D eigenvalue weighted by molar-refractivity contribution is 0.112. The fraction of sp³-hybridized carbons (Fsp3) is 0.0625. The van der Waals surface area contributed by atoms with E-state index in [2.05, 4.69) is 11.1 Å². The molecule has 0 saturated heterocycles. The van der Waals surface area contributed by atoms with Gasteiger partial charge in [0.1, 0.15) is 5.75 Å². The number of para-hydroxylation sites is 2. The number of carbonyl (C=O) groups is 1. The highest BCUT2D eigenvalue weighted by Gasteiger charge is 2.12. The molecule has 94 valence electrons. The van der Waals surface area contributed by atoms with Crippen LogP contribution in [0.4, 0.5) is 0 Å². The molecule has 0 amide bonds. The van der Waals surface area contributed by atoms with E-state index >= 15 is 0 Å². The van der Waals surface area contributed by atoms with Gasteiger partial charge in [0.15, 0.2) is 6.29 Å². The molecular weight excluding hydrogens is 238 g/mol. The van der Waals surface area contributed by atoms with Crippen molar-refractivity contribution >= 4 is 17.2 Å². The van der Waals surface area contributed by atoms with Crippen LogP contribution in [0.15, 0.2) is 48.5 Å². The molecule has 0 unspecified atom stereocenters. The molecule has 0 radical (unpaired) electrons. The van der Waals surface area contributed by atoms with Gasteiger partial charge < -0.3 is 9.72 Å². The number of benzene rings is 2. The van der Waals surface area contributed by atoms with E-state index in [9.17, 15) is 4.79 Å². The van der Waals surface area contributed by atoms with E-state index in [1.54, 1.807) is 13.2 Å². The summed E-state index contributed by atoms with van der Waals surface area (Å²) in [4.78, 5) is 14.4. The number of nitrogens with one attached hydrogen (secondary N) is 1. The van der Waals surface area contributed by atoms with Gasteiger partial charge in [-0.05, 0) is 24.3 Å². The Balaban J connectivity index is 2.23. The van der Waals surface area contributed by atoms with Crippen molar-refractivity contribution in [2.45, 2.75) is 0 Å². The fourth-order valence-electron chi connectivity index (χ4n) is 2.31. The van der Waals surface area contributed by atoms with E-state index in [1.165, 1.54) is 0 Å². The van der Waals surface area contributed by atoms with Gasteiger partial charge in [-0.3, -0.25) is 4.79 Å². The molecule has 1 N–H and O–H groups in total. The number of H-pyrrole nitrogens is 1. The predicted molar refractivity (Wildman–Crippen MR) is 75.7 cm³/mol. The van der Waals surface area contributed by atoms with Gasteiger partial charge in [0.2, 0.25) is 0 Å². The van der Waals surface area contributed by atoms with Gasteiger partial charge in [0, 0.05) is 16.5 Å². The third kappa shape index (κ3) is 1.89. The summed E-state index contributed by atoms with van der Waals surface area (Å²) in [5, 5.41) is 1.14. The molecule has 3 rings (SSSR count). The van der Waals surface area contributed by atoms with Crippen LogP contribution in [-0.2, 0) is 0 Å². The second-order valence-electron chi connectivity index (χ2n) is 4.32. The van der Waals surface area contributed by atoms with Gasteiger partial charge in [-0.15, -0.1) is 0 Å². The van der Waals surface area contributed by atoms with Gasteiger partial charge in [0.05, 0.1) is 18.4 Å². The standard InChI is InChI=1S/C16H13NO2/c1-19-16-12(10-18)6-4-7-13(16)15-9-11-5-2-3-8-14(11)17-15/h2-10,17H,1H3. The second-order valence-corrected chi connectivity index (χ2v) is 4.32. The first-order chi connectivity index (χ1) is 9.33. The zero-order chi connectivity index (χ0) is 13.2. The molecule has 3 aromatic rings. The average molecular weight is 251 g/mol. The van der Waals surface area contributed by atoms with Crippen molar-refractivity contribution < 1.29 is 9.53 Å². The molecule has 0 aliphatic heterocycles. The second kappa shape index (κ2) is 4.61. The van der Waals surface area contributed by atoms with E-state index in [-0.39, 0.29) is 0 Å². The van der Waals surface area contributed by atoms with Gasteiger partial charge in [-0.2, -0.15) is 0 Å². The van der Waals surface area contributed by atoms with E-state index in [1.807, 2.05) is 36.4 Å². The molecule has 0 spiro atoms. The number of aromatic nitrogens is 1. The number of fused-ring (bicyclic) bond motifs is 1. The van der Waals surface area contributed by atoms with Crippen LogP contribution in [0.5, 0.6) is 5.75 Å². The summed E-state index contributed by atoms with van der Waals surface area (Å²) < 4.78 is 5.37. The van der Waals surface area contributed by atoms with E-state index in [0.29, 0.717) is 11.3 Å². The Morgan fingerprint density at radius 1 is 1.11 bits per heavy atom. The van der Waals surface area contributed by atoms with Crippen molar-refractivity contribution in [3.8, 4) is 17.0 Å². The van der Waals surface area contributed by atoms with Gasteiger partial charge in [0.25, 0.3) is 0 Å². The van der Waals surface area contributed by atoms with Crippen molar-refractivity contribution in [2.75, 3.05) is 7.11 Å². The van der Waals surface area contributed by atoms with Gasteiger partial charge in [-0.1, -0.05) is 24.3 Å². The summed E-state index contributed by atoms with van der Waals surface area (Å²) in [6, 6.07) is 15.7. The molecule has 0 aliphatic rings. The smallest absolute Gasteiger partial charge is 0.153 e. The van der Waals surface area contributed by atoms with Crippen LogP contribution in [-0.4, -0.2) is 18.4 Å². The summed E-state index contributed by atoms with van der Waals surface area (Å²) in [5.41, 5.74) is 3.46. The van der Waals surface area contributed by atoms with E-state index < -0.39 is 0 Å². The summed E-state index contributed by atoms with van der Waals surface area (Å²) in [6.45, 7) is 0. The highest BCUT2D eigenvalue weighted by Crippen LogP contribution is 2.33. The summed E-state index contributed by atoms with van der Waals surface area (Å²) >= 11 is 0. The van der Waals surface area contributed by atoms with Crippen molar-refractivity contribution in [1.82, 2.24) is 4.98 Å². The monoisotopic (exact) mass is 251 g/mol. The highest BCUT2D eigenvalue weighted by molar-refractivity contribution is 5.90. The predicted octanol–water partition coefficient (Wildman–Crippen LogP) is 3.66. The van der Waals surface area contributed by atoms with Crippen LogP contribution in [0.25, 0.3) is 22.2 Å². The van der Waals surface area contributed by atoms with Crippen LogP contribution in [0.3, 0.4) is 0 Å². The van der Waals surface area contributed by atoms with Gasteiger partial charge >= 0.3 is 0 Å². The number of hydrogen-bond acceptors (Lipinski definition) is 2.